The third-order valence-corrected chi connectivity index (χ3v) is 9.90. The number of carboxylic acid groups (broad SMARTS) is 1. The Morgan fingerprint density at radius 3 is 2.72 bits per heavy atom. The molecular formula is C24H34N8O6S. The van der Waals surface area contributed by atoms with Crippen molar-refractivity contribution in [2.75, 3.05) is 26.2 Å². The maximum Gasteiger partial charge on any atom is 0.353 e. The zero-order chi connectivity index (χ0) is 28.0. The summed E-state index contributed by atoms with van der Waals surface area (Å²) in [6.45, 7) is 5.30. The summed E-state index contributed by atoms with van der Waals surface area (Å²) in [6, 6.07) is -0.748. The van der Waals surface area contributed by atoms with Crippen molar-refractivity contribution >= 4 is 35.3 Å². The number of ketones is 1. The quantitative estimate of drug-likeness (QED) is 0.236. The Morgan fingerprint density at radius 1 is 1.31 bits per heavy atom. The van der Waals surface area contributed by atoms with Gasteiger partial charge in [0.2, 0.25) is 11.8 Å². The van der Waals surface area contributed by atoms with Crippen LogP contribution in [0.4, 0.5) is 0 Å². The van der Waals surface area contributed by atoms with Gasteiger partial charge in [-0.2, -0.15) is 0 Å². The van der Waals surface area contributed by atoms with E-state index in [0.29, 0.717) is 31.0 Å². The molecule has 15 heteroatoms. The van der Waals surface area contributed by atoms with Crippen LogP contribution in [0, 0.1) is 23.7 Å². The molecule has 212 valence electrons. The third-order valence-electron chi connectivity index (χ3n) is 8.39. The van der Waals surface area contributed by atoms with Crippen LogP contribution in [0.5, 0.6) is 0 Å². The zero-order valence-corrected chi connectivity index (χ0v) is 22.7. The number of amides is 2. The molecule has 4 aliphatic rings. The summed E-state index contributed by atoms with van der Waals surface area (Å²) in [4.78, 5) is 54.7. The molecule has 3 fully saturated rings. The number of β-lactam (4-membered cyclic amide) rings is 1. The molecule has 3 saturated heterocycles. The number of carbonyl (C=O) groups excluding carboxylic acids is 3. The highest BCUT2D eigenvalue weighted by Crippen LogP contribution is 2.53. The number of hydrogen-bond acceptors (Lipinski definition) is 11. The number of thioether (sulfide) groups is 1. The maximum absolute atomic E-state index is 13.2. The van der Waals surface area contributed by atoms with E-state index in [-0.39, 0.29) is 71.9 Å². The first kappa shape index (κ1) is 27.7. The van der Waals surface area contributed by atoms with E-state index < -0.39 is 24.0 Å². The second-order valence-corrected chi connectivity index (χ2v) is 12.3. The minimum Gasteiger partial charge on any atom is -0.477 e. The number of hydrogen-bond donors (Lipinski definition) is 4. The molecule has 39 heavy (non-hydrogen) atoms. The number of tetrazole rings is 1. The van der Waals surface area contributed by atoms with E-state index in [1.165, 1.54) is 27.7 Å². The largest absolute Gasteiger partial charge is 0.477 e. The van der Waals surface area contributed by atoms with E-state index in [9.17, 15) is 29.4 Å². The van der Waals surface area contributed by atoms with Crippen LogP contribution in [0.1, 0.15) is 26.7 Å². The van der Waals surface area contributed by atoms with Crippen LogP contribution >= 0.6 is 11.8 Å². The fourth-order valence-corrected chi connectivity index (χ4v) is 7.88. The number of aliphatic hydroxyl groups excluding tert-OH is 1. The van der Waals surface area contributed by atoms with Crippen molar-refractivity contribution < 1.29 is 29.4 Å². The summed E-state index contributed by atoms with van der Waals surface area (Å²) in [5, 5.41) is 34.1. The fourth-order valence-electron chi connectivity index (χ4n) is 6.40. The molecule has 0 spiro atoms. The van der Waals surface area contributed by atoms with Gasteiger partial charge >= 0.3 is 5.97 Å². The Bertz CT molecular complexity index is 1180. The lowest BCUT2D eigenvalue weighted by Crippen LogP contribution is -2.62. The minimum atomic E-state index is -1.15. The molecule has 2 unspecified atom stereocenters. The number of β-amino-alcohol motifs (C(OH)–C–C–N with tert-alkyl or cyclic N) is 1. The van der Waals surface area contributed by atoms with E-state index in [4.69, 9.17) is 5.73 Å². The first-order valence-corrected chi connectivity index (χ1v) is 14.1. The highest BCUT2D eigenvalue weighted by Gasteiger charge is 2.60. The predicted molar refractivity (Wildman–Crippen MR) is 137 cm³/mol. The summed E-state index contributed by atoms with van der Waals surface area (Å²) in [5.74, 6) is -2.69. The Hall–Kier alpha value is -2.88. The van der Waals surface area contributed by atoms with Crippen molar-refractivity contribution in [2.24, 2.45) is 29.4 Å². The molecular weight excluding hydrogens is 528 g/mol. The van der Waals surface area contributed by atoms with Crippen LogP contribution in [0.3, 0.4) is 0 Å². The van der Waals surface area contributed by atoms with Gasteiger partial charge in [0.25, 0.3) is 0 Å². The van der Waals surface area contributed by atoms with Gasteiger partial charge < -0.3 is 31.1 Å². The first-order chi connectivity index (χ1) is 18.6. The van der Waals surface area contributed by atoms with E-state index in [1.54, 1.807) is 4.90 Å². The van der Waals surface area contributed by atoms with Crippen molar-refractivity contribution in [1.82, 2.24) is 35.3 Å². The molecule has 0 radical (unpaired) electrons. The zero-order valence-electron chi connectivity index (χ0n) is 21.8. The molecule has 5 rings (SSSR count). The standard InChI is InChI=1S/C24H34N8O6S/c1-11(3-14(33)8-31-10-27-28-29-31)18-19-12(2)21(20(24(37)38)32(19)23(18)36)39-15-4-16(26-6-15)22(35)30-7-13(5-25)17(34)9-30/h10-13,15-19,26,34H,3-9,25H2,1-2H3,(H,37,38)/t11-,12+,13?,15-,16-,17?,18+,19+/m0/s1. The number of likely N-dealkylation sites (tertiary alicyclic amines) is 1. The van der Waals surface area contributed by atoms with Crippen molar-refractivity contribution in [3.8, 4) is 0 Å². The van der Waals surface area contributed by atoms with Gasteiger partial charge in [0.1, 0.15) is 18.6 Å². The summed E-state index contributed by atoms with van der Waals surface area (Å²) in [6.07, 6.45) is 1.40. The van der Waals surface area contributed by atoms with Crippen LogP contribution in [0.2, 0.25) is 0 Å². The molecule has 8 atom stereocenters. The van der Waals surface area contributed by atoms with Gasteiger partial charge in [0.05, 0.1) is 24.1 Å². The summed E-state index contributed by atoms with van der Waals surface area (Å²) in [5.41, 5.74) is 5.71. The molecule has 1 aromatic heterocycles. The lowest BCUT2D eigenvalue weighted by Gasteiger charge is -2.47. The van der Waals surface area contributed by atoms with Gasteiger partial charge in [-0.1, -0.05) is 13.8 Å². The summed E-state index contributed by atoms with van der Waals surface area (Å²) < 4.78 is 1.33. The smallest absolute Gasteiger partial charge is 0.353 e. The lowest BCUT2D eigenvalue weighted by atomic mass is 9.73. The number of nitrogens with one attached hydrogen (secondary N) is 1. The number of aliphatic hydroxyl groups is 1. The average Bonchev–Trinajstić information content (AvgIpc) is 3.67. The van der Waals surface area contributed by atoms with Gasteiger partial charge in [0.15, 0.2) is 5.78 Å². The molecule has 14 nitrogen and oxygen atoms in total. The van der Waals surface area contributed by atoms with Crippen LogP contribution in [0.25, 0.3) is 0 Å². The first-order valence-electron chi connectivity index (χ1n) is 13.2. The third kappa shape index (κ3) is 5.08. The summed E-state index contributed by atoms with van der Waals surface area (Å²) in [7, 11) is 0. The second-order valence-electron chi connectivity index (χ2n) is 11.0. The molecule has 0 saturated carbocycles. The molecule has 2 amide bonds. The number of nitrogens with two attached hydrogens (primary N) is 1. The van der Waals surface area contributed by atoms with Crippen LogP contribution in [-0.4, -0.2) is 113 Å². The van der Waals surface area contributed by atoms with Gasteiger partial charge in [-0.15, -0.1) is 16.9 Å². The second kappa shape index (κ2) is 10.9. The number of aliphatic carboxylic acids is 1. The number of fused-ring (bicyclic) bond motifs is 1. The van der Waals surface area contributed by atoms with Crippen LogP contribution < -0.4 is 11.1 Å². The topological polar surface area (TPSA) is 197 Å². The SMILES string of the molecule is C[C@@H](CC(=O)Cn1cnnn1)[C@H]1C(=O)N2C(C(=O)O)=C(S[C@@H]3CN[C@H](C(=O)N4CC(O)C(CN)C4)C3)[C@H](C)[C@H]12. The predicted octanol–water partition coefficient (Wildman–Crippen LogP) is -1.72. The van der Waals surface area contributed by atoms with E-state index in [2.05, 4.69) is 20.8 Å². The highest BCUT2D eigenvalue weighted by molar-refractivity contribution is 8.03. The number of carboxylic acids is 1. The molecule has 5 heterocycles. The number of aromatic nitrogens is 4. The molecule has 5 N–H and O–H groups in total. The normalized spacial score (nSPS) is 32.9. The summed E-state index contributed by atoms with van der Waals surface area (Å²) >= 11 is 1.42. The molecule has 1 aromatic rings. The van der Waals surface area contributed by atoms with Crippen LogP contribution in [-0.2, 0) is 25.7 Å². The van der Waals surface area contributed by atoms with E-state index in [0.717, 1.165) is 0 Å². The van der Waals surface area contributed by atoms with Gasteiger partial charge in [-0.05, 0) is 29.3 Å². The highest BCUT2D eigenvalue weighted by atomic mass is 32.2. The lowest BCUT2D eigenvalue weighted by molar-refractivity contribution is -0.160. The van der Waals surface area contributed by atoms with Crippen molar-refractivity contribution in [3.63, 3.8) is 0 Å². The van der Waals surface area contributed by atoms with Crippen molar-refractivity contribution in [3.05, 3.63) is 16.9 Å². The number of rotatable bonds is 10. The monoisotopic (exact) mass is 562 g/mol. The van der Waals surface area contributed by atoms with E-state index in [1.807, 2.05) is 13.8 Å². The molecule has 0 aromatic carbocycles. The number of carbonyl (C=O) groups is 4. The number of nitrogens with zero attached hydrogens (tertiary/aromatic N) is 6. The fraction of sp³-hybridized carbons (Fsp3) is 0.708. The Kier molecular flexibility index (Phi) is 7.77. The maximum atomic E-state index is 13.2. The van der Waals surface area contributed by atoms with Crippen LogP contribution in [0.15, 0.2) is 16.9 Å². The van der Waals surface area contributed by atoms with Gasteiger partial charge in [0, 0.05) is 48.0 Å². The van der Waals surface area contributed by atoms with Crippen molar-refractivity contribution in [2.45, 2.75) is 56.7 Å². The Labute approximate surface area is 229 Å². The van der Waals surface area contributed by atoms with Gasteiger partial charge in [-0.3, -0.25) is 14.4 Å². The van der Waals surface area contributed by atoms with Crippen molar-refractivity contribution in [1.29, 1.82) is 0 Å². The van der Waals surface area contributed by atoms with Gasteiger partial charge in [-0.25, -0.2) is 9.48 Å². The molecule has 0 aliphatic carbocycles. The average molecular weight is 563 g/mol. The molecule has 4 aliphatic heterocycles. The minimum absolute atomic E-state index is 0.00851. The Balaban J connectivity index is 1.22. The number of Topliss-reactive ketones (excluding diaryl/α,β-unsaturated/α-hetero) is 1. The molecule has 0 bridgehead atoms. The van der Waals surface area contributed by atoms with E-state index >= 15 is 0 Å². The Morgan fingerprint density at radius 2 is 2.08 bits per heavy atom.